The van der Waals surface area contributed by atoms with Crippen molar-refractivity contribution in [2.45, 2.75) is 30.6 Å². The summed E-state index contributed by atoms with van der Waals surface area (Å²) in [6, 6.07) is 0.163. The zero-order valence-electron chi connectivity index (χ0n) is 6.69. The van der Waals surface area contributed by atoms with Crippen LogP contribution in [-0.2, 0) is 4.79 Å². The minimum absolute atomic E-state index is 0.163. The van der Waals surface area contributed by atoms with Gasteiger partial charge >= 0.3 is 5.97 Å². The van der Waals surface area contributed by atoms with Crippen molar-refractivity contribution in [3.8, 4) is 0 Å². The van der Waals surface area contributed by atoms with E-state index < -0.39 is 5.97 Å². The molecule has 2 atom stereocenters. The number of hydrogen-bond acceptors (Lipinski definition) is 4. The number of rotatable bonds is 4. The molecular formula is C7H13NO3S. The molecule has 0 heterocycles. The molecule has 1 saturated carbocycles. The fraction of sp³-hybridized carbons (Fsp3) is 0.857. The van der Waals surface area contributed by atoms with Gasteiger partial charge in [-0.3, -0.25) is 4.79 Å². The third-order valence-corrected chi connectivity index (χ3v) is 3.32. The Kier molecular flexibility index (Phi) is 3.84. The van der Waals surface area contributed by atoms with Crippen LogP contribution >= 0.6 is 11.8 Å². The molecule has 0 bridgehead atoms. The van der Waals surface area contributed by atoms with Gasteiger partial charge in [-0.25, -0.2) is 5.48 Å². The van der Waals surface area contributed by atoms with E-state index >= 15 is 0 Å². The molecule has 0 aliphatic heterocycles. The van der Waals surface area contributed by atoms with Crippen molar-refractivity contribution < 1.29 is 15.1 Å². The average molecular weight is 191 g/mol. The molecule has 12 heavy (non-hydrogen) atoms. The number of nitrogens with one attached hydrogen (secondary N) is 1. The van der Waals surface area contributed by atoms with E-state index in [9.17, 15) is 4.79 Å². The Morgan fingerprint density at radius 3 is 2.83 bits per heavy atom. The maximum absolute atomic E-state index is 10.2. The second kappa shape index (κ2) is 4.69. The van der Waals surface area contributed by atoms with E-state index in [1.807, 2.05) is 0 Å². The molecule has 2 unspecified atom stereocenters. The van der Waals surface area contributed by atoms with Gasteiger partial charge in [0.1, 0.15) is 0 Å². The normalized spacial score (nSPS) is 29.1. The predicted molar refractivity (Wildman–Crippen MR) is 46.4 cm³/mol. The van der Waals surface area contributed by atoms with Gasteiger partial charge < -0.3 is 10.3 Å². The van der Waals surface area contributed by atoms with Crippen molar-refractivity contribution in [1.29, 1.82) is 0 Å². The molecule has 0 aromatic carbocycles. The fourth-order valence-electron chi connectivity index (χ4n) is 1.40. The number of carboxylic acids is 1. The summed E-state index contributed by atoms with van der Waals surface area (Å²) >= 11 is 1.46. The van der Waals surface area contributed by atoms with Crippen molar-refractivity contribution in [3.05, 3.63) is 0 Å². The molecule has 3 N–H and O–H groups in total. The summed E-state index contributed by atoms with van der Waals surface area (Å²) < 4.78 is 0. The largest absolute Gasteiger partial charge is 0.481 e. The third-order valence-electron chi connectivity index (χ3n) is 2.01. The van der Waals surface area contributed by atoms with Crippen LogP contribution in [0.3, 0.4) is 0 Å². The molecule has 0 aromatic rings. The number of carboxylic acid groups (broad SMARTS) is 1. The van der Waals surface area contributed by atoms with Crippen molar-refractivity contribution >= 4 is 17.7 Å². The maximum atomic E-state index is 10.2. The van der Waals surface area contributed by atoms with Gasteiger partial charge in [-0.15, -0.1) is 11.8 Å². The van der Waals surface area contributed by atoms with Crippen LogP contribution in [0.5, 0.6) is 0 Å². The van der Waals surface area contributed by atoms with E-state index in [-0.39, 0.29) is 11.8 Å². The first kappa shape index (κ1) is 9.83. The number of thioether (sulfide) groups is 1. The van der Waals surface area contributed by atoms with Crippen LogP contribution in [0.2, 0.25) is 0 Å². The van der Waals surface area contributed by atoms with Gasteiger partial charge in [-0.1, -0.05) is 0 Å². The molecule has 70 valence electrons. The minimum Gasteiger partial charge on any atom is -0.481 e. The van der Waals surface area contributed by atoms with Crippen LogP contribution in [0.25, 0.3) is 0 Å². The van der Waals surface area contributed by atoms with E-state index in [2.05, 4.69) is 5.48 Å². The molecule has 1 fully saturated rings. The van der Waals surface area contributed by atoms with Crippen molar-refractivity contribution in [3.63, 3.8) is 0 Å². The summed E-state index contributed by atoms with van der Waals surface area (Å²) in [7, 11) is 0. The van der Waals surface area contributed by atoms with E-state index in [4.69, 9.17) is 10.3 Å². The molecule has 0 spiro atoms. The summed E-state index contributed by atoms with van der Waals surface area (Å²) in [5.41, 5.74) is 2.22. The topological polar surface area (TPSA) is 69.6 Å². The second-order valence-corrected chi connectivity index (χ2v) is 4.25. The second-order valence-electron chi connectivity index (χ2n) is 2.97. The lowest BCUT2D eigenvalue weighted by atomic mass is 10.3. The molecule has 0 radical (unpaired) electrons. The number of aliphatic carboxylic acids is 1. The molecular weight excluding hydrogens is 178 g/mol. The Bertz CT molecular complexity index is 165. The van der Waals surface area contributed by atoms with Crippen molar-refractivity contribution in [2.24, 2.45) is 0 Å². The van der Waals surface area contributed by atoms with E-state index in [1.54, 1.807) is 0 Å². The van der Waals surface area contributed by atoms with Gasteiger partial charge in [0.05, 0.1) is 5.75 Å². The highest BCUT2D eigenvalue weighted by molar-refractivity contribution is 8.00. The number of hydroxylamine groups is 1. The van der Waals surface area contributed by atoms with E-state index in [0.29, 0.717) is 5.25 Å². The SMILES string of the molecule is O=C(O)CSC1CCC(NO)C1. The average Bonchev–Trinajstić information content (AvgIpc) is 2.48. The Labute approximate surface area is 75.3 Å². The van der Waals surface area contributed by atoms with Gasteiger partial charge in [0.25, 0.3) is 0 Å². The quantitative estimate of drug-likeness (QED) is 0.571. The highest BCUT2D eigenvalue weighted by atomic mass is 32.2. The summed E-state index contributed by atoms with van der Waals surface area (Å²) in [5, 5.41) is 17.4. The molecule has 0 aromatic heterocycles. The van der Waals surface area contributed by atoms with Gasteiger partial charge in [-0.05, 0) is 19.3 Å². The first-order valence-electron chi connectivity index (χ1n) is 3.95. The molecule has 1 aliphatic carbocycles. The van der Waals surface area contributed by atoms with Gasteiger partial charge in [-0.2, -0.15) is 0 Å². The van der Waals surface area contributed by atoms with Crippen LogP contribution in [0.15, 0.2) is 0 Å². The summed E-state index contributed by atoms with van der Waals surface area (Å²) in [6.07, 6.45) is 2.80. The van der Waals surface area contributed by atoms with Crippen LogP contribution in [0, 0.1) is 0 Å². The lowest BCUT2D eigenvalue weighted by molar-refractivity contribution is -0.133. The third kappa shape index (κ3) is 3.00. The van der Waals surface area contributed by atoms with E-state index in [0.717, 1.165) is 19.3 Å². The Balaban J connectivity index is 2.15. The molecule has 0 saturated heterocycles. The Hall–Kier alpha value is -0.260. The molecule has 5 heteroatoms. The summed E-state index contributed by atoms with van der Waals surface area (Å²) in [4.78, 5) is 10.2. The Morgan fingerprint density at radius 1 is 1.58 bits per heavy atom. The van der Waals surface area contributed by atoms with Crippen molar-refractivity contribution in [1.82, 2.24) is 5.48 Å². The maximum Gasteiger partial charge on any atom is 0.313 e. The standard InChI is InChI=1S/C7H13NO3S/c9-7(10)4-12-6-2-1-5(3-6)8-11/h5-6,8,11H,1-4H2,(H,9,10). The van der Waals surface area contributed by atoms with Crippen LogP contribution in [0.1, 0.15) is 19.3 Å². The first-order chi connectivity index (χ1) is 5.72. The smallest absolute Gasteiger partial charge is 0.313 e. The molecule has 1 aliphatic rings. The number of hydrogen-bond donors (Lipinski definition) is 3. The monoisotopic (exact) mass is 191 g/mol. The lowest BCUT2D eigenvalue weighted by Gasteiger charge is -2.07. The Morgan fingerprint density at radius 2 is 2.33 bits per heavy atom. The van der Waals surface area contributed by atoms with Gasteiger partial charge in [0.2, 0.25) is 0 Å². The predicted octanol–water partition coefficient (Wildman–Crippen LogP) is 0.704. The molecule has 4 nitrogen and oxygen atoms in total. The molecule has 1 rings (SSSR count). The van der Waals surface area contributed by atoms with Crippen molar-refractivity contribution in [2.75, 3.05) is 5.75 Å². The van der Waals surface area contributed by atoms with Gasteiger partial charge in [0, 0.05) is 11.3 Å². The highest BCUT2D eigenvalue weighted by Gasteiger charge is 2.24. The number of carbonyl (C=O) groups is 1. The van der Waals surface area contributed by atoms with Gasteiger partial charge in [0.15, 0.2) is 0 Å². The zero-order chi connectivity index (χ0) is 8.97. The van der Waals surface area contributed by atoms with E-state index in [1.165, 1.54) is 11.8 Å². The summed E-state index contributed by atoms with van der Waals surface area (Å²) in [5.74, 6) is -0.594. The first-order valence-corrected chi connectivity index (χ1v) is 5.00. The lowest BCUT2D eigenvalue weighted by Crippen LogP contribution is -2.22. The zero-order valence-corrected chi connectivity index (χ0v) is 7.51. The fourth-order valence-corrected chi connectivity index (χ4v) is 2.45. The minimum atomic E-state index is -0.764. The van der Waals surface area contributed by atoms with Crippen LogP contribution in [0.4, 0.5) is 0 Å². The van der Waals surface area contributed by atoms with Crippen LogP contribution < -0.4 is 5.48 Å². The summed E-state index contributed by atoms with van der Waals surface area (Å²) in [6.45, 7) is 0. The van der Waals surface area contributed by atoms with Crippen LogP contribution in [-0.4, -0.2) is 33.3 Å². The highest BCUT2D eigenvalue weighted by Crippen LogP contribution is 2.29. The molecule has 0 amide bonds.